The molecule has 0 aromatic rings. The Labute approximate surface area is 268 Å². The molecule has 9 atom stereocenters. The van der Waals surface area contributed by atoms with Crippen molar-refractivity contribution in [2.45, 2.75) is 182 Å². The molecule has 0 aromatic carbocycles. The van der Waals surface area contributed by atoms with Crippen molar-refractivity contribution in [2.24, 2.45) is 16.6 Å². The first-order valence-electron chi connectivity index (χ1n) is 16.4. The molecule has 0 aromatic heterocycles. The molecule has 0 spiro atoms. The van der Waals surface area contributed by atoms with Crippen LogP contribution in [0.2, 0.25) is 0 Å². The van der Waals surface area contributed by atoms with Crippen molar-refractivity contribution < 1.29 is 43.1 Å². The highest BCUT2D eigenvalue weighted by Crippen LogP contribution is 2.58. The smallest absolute Gasteiger partial charge is 0.333 e. The third-order valence-electron chi connectivity index (χ3n) is 8.96. The molecule has 1 rings (SSSR count). The van der Waals surface area contributed by atoms with Gasteiger partial charge in [-0.2, -0.15) is 0 Å². The predicted octanol–water partition coefficient (Wildman–Crippen LogP) is 6.17. The molecule has 1 aliphatic heterocycles. The third kappa shape index (κ3) is 12.5. The third-order valence-corrected chi connectivity index (χ3v) is 11.4. The normalized spacial score (nSPS) is 29.4. The van der Waals surface area contributed by atoms with Gasteiger partial charge in [-0.05, 0) is 105 Å². The Bertz CT molecular complexity index is 935. The molecule has 10 nitrogen and oxygen atoms in total. The SMILES string of the molecule is CCC(C)(COCC1OC(OCC(C)(CC)CC(C)(CC)OC(C)(C)C)C(N)C(O)C1O)CC(C)(C)OP(=O)(O)C(C)(C)C. The summed E-state index contributed by atoms with van der Waals surface area (Å²) in [5.74, 6) is 0. The lowest BCUT2D eigenvalue weighted by Crippen LogP contribution is -2.63. The van der Waals surface area contributed by atoms with E-state index < -0.39 is 54.4 Å². The number of rotatable bonds is 17. The first kappa shape index (κ1) is 41.9. The Hall–Kier alpha value is -0.130. The minimum Gasteiger partial charge on any atom is -0.388 e. The van der Waals surface area contributed by atoms with Gasteiger partial charge in [0.2, 0.25) is 0 Å². The maximum absolute atomic E-state index is 12.8. The van der Waals surface area contributed by atoms with Gasteiger partial charge in [-0.15, -0.1) is 0 Å². The molecule has 44 heavy (non-hydrogen) atoms. The van der Waals surface area contributed by atoms with Crippen LogP contribution in [0.25, 0.3) is 0 Å². The van der Waals surface area contributed by atoms with E-state index in [1.165, 1.54) is 0 Å². The maximum Gasteiger partial charge on any atom is 0.333 e. The Morgan fingerprint density at radius 2 is 1.32 bits per heavy atom. The standard InChI is InChI=1S/C33H68NO9P/c1-15-31(12,19-30(10,11)43-44(37,38)29(7,8)9)21-39-18-23-25(35)26(36)24(34)27(41-23)40-22-32(13,16-2)20-33(14,17-3)42-28(4,5)6/h23-27,35-36H,15-22,34H2,1-14H3,(H,37,38). The average molecular weight is 654 g/mol. The zero-order chi connectivity index (χ0) is 34.6. The van der Waals surface area contributed by atoms with Crippen molar-refractivity contribution in [3.8, 4) is 0 Å². The van der Waals surface area contributed by atoms with Gasteiger partial charge in [0, 0.05) is 0 Å². The quantitative estimate of drug-likeness (QED) is 0.134. The van der Waals surface area contributed by atoms with Crippen LogP contribution in [0.15, 0.2) is 0 Å². The molecule has 1 saturated heterocycles. The lowest BCUT2D eigenvalue weighted by atomic mass is 9.76. The van der Waals surface area contributed by atoms with E-state index in [0.717, 1.165) is 25.7 Å². The molecule has 1 fully saturated rings. The van der Waals surface area contributed by atoms with Gasteiger partial charge in [0.25, 0.3) is 0 Å². The van der Waals surface area contributed by atoms with Crippen molar-refractivity contribution >= 4 is 7.60 Å². The summed E-state index contributed by atoms with van der Waals surface area (Å²) in [5, 5.41) is 20.7. The highest BCUT2D eigenvalue weighted by molar-refractivity contribution is 7.54. The van der Waals surface area contributed by atoms with E-state index in [2.05, 4.69) is 48.5 Å². The van der Waals surface area contributed by atoms with Crippen molar-refractivity contribution in [1.82, 2.24) is 0 Å². The lowest BCUT2D eigenvalue weighted by molar-refractivity contribution is -0.277. The molecule has 1 heterocycles. The second-order valence-corrected chi connectivity index (χ2v) is 19.2. The van der Waals surface area contributed by atoms with Crippen LogP contribution in [-0.2, 0) is 28.0 Å². The summed E-state index contributed by atoms with van der Waals surface area (Å²) < 4.78 is 43.5. The van der Waals surface area contributed by atoms with Crippen LogP contribution < -0.4 is 5.73 Å². The van der Waals surface area contributed by atoms with E-state index in [-0.39, 0.29) is 23.2 Å². The molecular weight excluding hydrogens is 585 g/mol. The van der Waals surface area contributed by atoms with Crippen LogP contribution in [0.3, 0.4) is 0 Å². The van der Waals surface area contributed by atoms with Crippen molar-refractivity contribution in [3.63, 3.8) is 0 Å². The fourth-order valence-corrected chi connectivity index (χ4v) is 6.92. The second kappa shape index (κ2) is 15.4. The fourth-order valence-electron chi connectivity index (χ4n) is 5.91. The zero-order valence-corrected chi connectivity index (χ0v) is 31.3. The molecule has 9 unspecified atom stereocenters. The van der Waals surface area contributed by atoms with E-state index in [0.29, 0.717) is 19.6 Å². The van der Waals surface area contributed by atoms with E-state index in [4.69, 9.17) is 29.2 Å². The van der Waals surface area contributed by atoms with Crippen molar-refractivity contribution in [2.75, 3.05) is 19.8 Å². The number of aliphatic hydroxyl groups is 2. The molecule has 264 valence electrons. The van der Waals surface area contributed by atoms with Gasteiger partial charge in [0.1, 0.15) is 18.3 Å². The molecule has 5 N–H and O–H groups in total. The van der Waals surface area contributed by atoms with Crippen LogP contribution in [-0.4, -0.2) is 87.5 Å². The number of aliphatic hydroxyl groups excluding tert-OH is 2. The first-order valence-corrected chi connectivity index (χ1v) is 17.9. The molecule has 0 saturated carbocycles. The first-order chi connectivity index (χ1) is 19.7. The van der Waals surface area contributed by atoms with Crippen LogP contribution in [0.1, 0.15) is 129 Å². The lowest BCUT2D eigenvalue weighted by Gasteiger charge is -2.45. The molecule has 11 heteroatoms. The summed E-state index contributed by atoms with van der Waals surface area (Å²) in [7, 11) is -3.87. The summed E-state index contributed by atoms with van der Waals surface area (Å²) in [4.78, 5) is 10.5. The maximum atomic E-state index is 12.8. The van der Waals surface area contributed by atoms with Gasteiger partial charge in [-0.1, -0.05) is 34.6 Å². The Balaban J connectivity index is 2.91. The van der Waals surface area contributed by atoms with Gasteiger partial charge < -0.3 is 44.3 Å². The molecule has 0 amide bonds. The Kier molecular flexibility index (Phi) is 14.7. The van der Waals surface area contributed by atoms with E-state index in [1.807, 2.05) is 27.7 Å². The summed E-state index contributed by atoms with van der Waals surface area (Å²) in [6, 6.07) is -0.929. The van der Waals surface area contributed by atoms with Crippen LogP contribution in [0.5, 0.6) is 0 Å². The number of hydrogen-bond acceptors (Lipinski definition) is 9. The van der Waals surface area contributed by atoms with Gasteiger partial charge in [0.15, 0.2) is 6.29 Å². The van der Waals surface area contributed by atoms with Crippen molar-refractivity contribution in [1.29, 1.82) is 0 Å². The van der Waals surface area contributed by atoms with Gasteiger partial charge in [-0.3, -0.25) is 4.57 Å². The highest BCUT2D eigenvalue weighted by Gasteiger charge is 2.46. The second-order valence-electron chi connectivity index (χ2n) is 16.7. The zero-order valence-electron chi connectivity index (χ0n) is 30.4. The highest BCUT2D eigenvalue weighted by atomic mass is 31.2. The Morgan fingerprint density at radius 3 is 1.77 bits per heavy atom. The van der Waals surface area contributed by atoms with Gasteiger partial charge in [0.05, 0.1) is 47.8 Å². The monoisotopic (exact) mass is 653 g/mol. The van der Waals surface area contributed by atoms with Crippen molar-refractivity contribution in [3.05, 3.63) is 0 Å². The minimum atomic E-state index is -3.87. The Morgan fingerprint density at radius 1 is 0.795 bits per heavy atom. The molecular formula is C33H68NO9P. The van der Waals surface area contributed by atoms with E-state index in [1.54, 1.807) is 20.8 Å². The molecule has 0 radical (unpaired) electrons. The molecule has 0 aliphatic carbocycles. The fraction of sp³-hybridized carbons (Fsp3) is 1.00. The number of hydrogen-bond donors (Lipinski definition) is 4. The molecule has 1 aliphatic rings. The minimum absolute atomic E-state index is 0.0144. The predicted molar refractivity (Wildman–Crippen MR) is 176 cm³/mol. The average Bonchev–Trinajstić information content (AvgIpc) is 2.85. The largest absolute Gasteiger partial charge is 0.388 e. The number of ether oxygens (including phenoxy) is 4. The summed E-state index contributed by atoms with van der Waals surface area (Å²) in [5.41, 5.74) is 4.12. The topological polar surface area (TPSA) is 150 Å². The molecule has 0 bridgehead atoms. The van der Waals surface area contributed by atoms with Crippen LogP contribution in [0, 0.1) is 10.8 Å². The summed E-state index contributed by atoms with van der Waals surface area (Å²) in [6.07, 6.45) is -0.624. The number of nitrogens with two attached hydrogens (primary N) is 1. The van der Waals surface area contributed by atoms with Gasteiger partial charge in [-0.25, -0.2) is 0 Å². The van der Waals surface area contributed by atoms with Crippen LogP contribution >= 0.6 is 7.60 Å². The van der Waals surface area contributed by atoms with E-state index in [9.17, 15) is 19.7 Å². The summed E-state index contributed by atoms with van der Waals surface area (Å²) >= 11 is 0. The van der Waals surface area contributed by atoms with Crippen LogP contribution in [0.4, 0.5) is 0 Å². The summed E-state index contributed by atoms with van der Waals surface area (Å²) in [6.45, 7) is 28.1. The van der Waals surface area contributed by atoms with E-state index >= 15 is 0 Å². The van der Waals surface area contributed by atoms with Gasteiger partial charge >= 0.3 is 7.60 Å².